The van der Waals surface area contributed by atoms with Gasteiger partial charge in [0, 0.05) is 13.6 Å². The lowest BCUT2D eigenvalue weighted by Crippen LogP contribution is -2.48. The van der Waals surface area contributed by atoms with Crippen LogP contribution in [0.2, 0.25) is 0 Å². The topological polar surface area (TPSA) is 40.6 Å². The molecule has 0 saturated carbocycles. The Balaban J connectivity index is 2.16. The SMILES string of the molecule is CN1CC2C(=O)CC(=O)N2c2ccccc21. The smallest absolute Gasteiger partial charge is 0.235 e. The second kappa shape index (κ2) is 3.07. The Kier molecular flexibility index (Phi) is 1.80. The van der Waals surface area contributed by atoms with Crippen molar-refractivity contribution in [3.63, 3.8) is 0 Å². The zero-order valence-electron chi connectivity index (χ0n) is 9.01. The third-order valence-electron chi connectivity index (χ3n) is 3.28. The molecule has 2 aliphatic rings. The maximum Gasteiger partial charge on any atom is 0.235 e. The maximum atomic E-state index is 11.8. The van der Waals surface area contributed by atoms with E-state index in [9.17, 15) is 9.59 Å². The summed E-state index contributed by atoms with van der Waals surface area (Å²) in [7, 11) is 1.95. The van der Waals surface area contributed by atoms with Gasteiger partial charge in [0.15, 0.2) is 5.78 Å². The highest BCUT2D eigenvalue weighted by Gasteiger charge is 2.43. The lowest BCUT2D eigenvalue weighted by atomic mass is 10.1. The summed E-state index contributed by atoms with van der Waals surface area (Å²) >= 11 is 0. The number of likely N-dealkylation sites (N-methyl/N-ethyl adjacent to an activating group) is 1. The molecule has 3 rings (SSSR count). The molecule has 0 aliphatic carbocycles. The van der Waals surface area contributed by atoms with Gasteiger partial charge in [0.2, 0.25) is 5.91 Å². The number of carbonyl (C=O) groups is 2. The predicted molar refractivity (Wildman–Crippen MR) is 60.6 cm³/mol. The van der Waals surface area contributed by atoms with E-state index in [1.165, 1.54) is 0 Å². The summed E-state index contributed by atoms with van der Waals surface area (Å²) in [5.74, 6) is -0.0399. The van der Waals surface area contributed by atoms with E-state index in [1.54, 1.807) is 4.90 Å². The summed E-state index contributed by atoms with van der Waals surface area (Å²) < 4.78 is 0. The van der Waals surface area contributed by atoms with Crippen molar-refractivity contribution >= 4 is 23.1 Å². The zero-order valence-corrected chi connectivity index (χ0v) is 9.01. The van der Waals surface area contributed by atoms with E-state index < -0.39 is 0 Å². The fourth-order valence-corrected chi connectivity index (χ4v) is 2.50. The number of para-hydroxylation sites is 2. The number of benzene rings is 1. The lowest BCUT2D eigenvalue weighted by molar-refractivity contribution is -0.121. The van der Waals surface area contributed by atoms with E-state index in [1.807, 2.05) is 36.2 Å². The minimum Gasteiger partial charge on any atom is -0.370 e. The van der Waals surface area contributed by atoms with Gasteiger partial charge in [-0.3, -0.25) is 14.5 Å². The molecule has 4 nitrogen and oxygen atoms in total. The second-order valence-electron chi connectivity index (χ2n) is 4.29. The van der Waals surface area contributed by atoms with Crippen LogP contribution in [0.1, 0.15) is 6.42 Å². The number of amides is 1. The van der Waals surface area contributed by atoms with Gasteiger partial charge < -0.3 is 4.90 Å². The van der Waals surface area contributed by atoms with E-state index >= 15 is 0 Å². The van der Waals surface area contributed by atoms with Crippen molar-refractivity contribution in [2.24, 2.45) is 0 Å². The third kappa shape index (κ3) is 1.10. The summed E-state index contributed by atoms with van der Waals surface area (Å²) in [5, 5.41) is 0. The van der Waals surface area contributed by atoms with Crippen molar-refractivity contribution in [1.82, 2.24) is 0 Å². The van der Waals surface area contributed by atoms with Gasteiger partial charge in [0.25, 0.3) is 0 Å². The van der Waals surface area contributed by atoms with Gasteiger partial charge in [0.1, 0.15) is 6.04 Å². The van der Waals surface area contributed by atoms with E-state index in [-0.39, 0.29) is 24.2 Å². The first-order valence-corrected chi connectivity index (χ1v) is 5.33. The van der Waals surface area contributed by atoms with Crippen LogP contribution in [-0.2, 0) is 9.59 Å². The van der Waals surface area contributed by atoms with Crippen LogP contribution in [0.3, 0.4) is 0 Å². The minimum absolute atomic E-state index is 0.0337. The van der Waals surface area contributed by atoms with Crippen LogP contribution in [0.25, 0.3) is 0 Å². The summed E-state index contributed by atoms with van der Waals surface area (Å²) in [4.78, 5) is 27.1. The van der Waals surface area contributed by atoms with Crippen molar-refractivity contribution in [1.29, 1.82) is 0 Å². The average molecular weight is 216 g/mol. The highest BCUT2D eigenvalue weighted by Crippen LogP contribution is 2.37. The lowest BCUT2D eigenvalue weighted by Gasteiger charge is -2.37. The number of anilines is 2. The molecule has 1 unspecified atom stereocenters. The molecule has 1 saturated heterocycles. The number of ketones is 1. The molecule has 2 heterocycles. The summed E-state index contributed by atoms with van der Waals surface area (Å²) in [5.41, 5.74) is 1.87. The molecule has 0 aromatic heterocycles. The van der Waals surface area contributed by atoms with Crippen molar-refractivity contribution in [2.75, 3.05) is 23.4 Å². The molecule has 0 N–H and O–H groups in total. The van der Waals surface area contributed by atoms with Gasteiger partial charge in [-0.25, -0.2) is 0 Å². The Morgan fingerprint density at radius 1 is 1.19 bits per heavy atom. The number of Topliss-reactive ketones (excluding diaryl/α,β-unsaturated/α-hetero) is 1. The van der Waals surface area contributed by atoms with Gasteiger partial charge in [-0.2, -0.15) is 0 Å². The molecule has 2 aliphatic heterocycles. The first-order valence-electron chi connectivity index (χ1n) is 5.33. The fraction of sp³-hybridized carbons (Fsp3) is 0.333. The number of fused-ring (bicyclic) bond motifs is 3. The van der Waals surface area contributed by atoms with Crippen LogP contribution in [0.15, 0.2) is 24.3 Å². The maximum absolute atomic E-state index is 11.8. The number of rotatable bonds is 0. The summed E-state index contributed by atoms with van der Waals surface area (Å²) in [6.07, 6.45) is 0.0485. The molecule has 1 atom stereocenters. The van der Waals surface area contributed by atoms with Crippen molar-refractivity contribution in [3.05, 3.63) is 24.3 Å². The molecule has 0 bridgehead atoms. The van der Waals surface area contributed by atoms with Crippen LogP contribution in [0.4, 0.5) is 11.4 Å². The average Bonchev–Trinajstić information content (AvgIpc) is 2.55. The normalized spacial score (nSPS) is 23.4. The Hall–Kier alpha value is -1.84. The van der Waals surface area contributed by atoms with Gasteiger partial charge >= 0.3 is 0 Å². The standard InChI is InChI=1S/C12H12N2O2/c1-13-7-10-11(15)6-12(16)14(10)9-5-3-2-4-8(9)13/h2-5,10H,6-7H2,1H3. The Morgan fingerprint density at radius 3 is 2.62 bits per heavy atom. The van der Waals surface area contributed by atoms with Crippen LogP contribution in [0, 0.1) is 0 Å². The molecular formula is C12H12N2O2. The van der Waals surface area contributed by atoms with Crippen LogP contribution >= 0.6 is 0 Å². The van der Waals surface area contributed by atoms with E-state index in [2.05, 4.69) is 0 Å². The highest BCUT2D eigenvalue weighted by atomic mass is 16.2. The number of nitrogens with zero attached hydrogens (tertiary/aromatic N) is 2. The van der Waals surface area contributed by atoms with Gasteiger partial charge in [-0.15, -0.1) is 0 Å². The van der Waals surface area contributed by atoms with Crippen LogP contribution < -0.4 is 9.80 Å². The molecule has 82 valence electrons. The largest absolute Gasteiger partial charge is 0.370 e. The molecule has 1 amide bonds. The third-order valence-corrected chi connectivity index (χ3v) is 3.28. The highest BCUT2D eigenvalue weighted by molar-refractivity contribution is 6.19. The zero-order chi connectivity index (χ0) is 11.3. The number of carbonyl (C=O) groups excluding carboxylic acids is 2. The monoisotopic (exact) mass is 216 g/mol. The Bertz CT molecular complexity index is 484. The Labute approximate surface area is 93.5 Å². The molecule has 1 aromatic carbocycles. The molecule has 0 spiro atoms. The number of hydrogen-bond donors (Lipinski definition) is 0. The fourth-order valence-electron chi connectivity index (χ4n) is 2.50. The Morgan fingerprint density at radius 2 is 1.88 bits per heavy atom. The van der Waals surface area contributed by atoms with Crippen molar-refractivity contribution < 1.29 is 9.59 Å². The van der Waals surface area contributed by atoms with Crippen molar-refractivity contribution in [3.8, 4) is 0 Å². The molecular weight excluding hydrogens is 204 g/mol. The first kappa shape index (κ1) is 9.39. The van der Waals surface area contributed by atoms with E-state index in [4.69, 9.17) is 0 Å². The molecule has 1 fully saturated rings. The second-order valence-corrected chi connectivity index (χ2v) is 4.29. The van der Waals surface area contributed by atoms with Gasteiger partial charge in [0.05, 0.1) is 17.8 Å². The van der Waals surface area contributed by atoms with Crippen LogP contribution in [-0.4, -0.2) is 31.3 Å². The van der Waals surface area contributed by atoms with E-state index in [0.29, 0.717) is 6.54 Å². The van der Waals surface area contributed by atoms with Gasteiger partial charge in [-0.05, 0) is 12.1 Å². The van der Waals surface area contributed by atoms with Crippen molar-refractivity contribution in [2.45, 2.75) is 12.5 Å². The predicted octanol–water partition coefficient (Wildman–Crippen LogP) is 0.811. The quantitative estimate of drug-likeness (QED) is 0.603. The first-order chi connectivity index (χ1) is 7.68. The molecule has 1 aromatic rings. The molecule has 0 radical (unpaired) electrons. The molecule has 4 heteroatoms. The van der Waals surface area contributed by atoms with Gasteiger partial charge in [-0.1, -0.05) is 12.1 Å². The molecule has 16 heavy (non-hydrogen) atoms. The van der Waals surface area contributed by atoms with Crippen LogP contribution in [0.5, 0.6) is 0 Å². The number of hydrogen-bond acceptors (Lipinski definition) is 3. The minimum atomic E-state index is -0.285. The summed E-state index contributed by atoms with van der Waals surface area (Å²) in [6.45, 7) is 0.599. The van der Waals surface area contributed by atoms with E-state index in [0.717, 1.165) is 11.4 Å². The summed E-state index contributed by atoms with van der Waals surface area (Å²) in [6, 6.07) is 7.42.